The molecule has 0 aromatic heterocycles. The van der Waals surface area contributed by atoms with Gasteiger partial charge in [-0.05, 0) is 12.5 Å². The van der Waals surface area contributed by atoms with E-state index in [0.717, 1.165) is 11.1 Å². The van der Waals surface area contributed by atoms with Crippen molar-refractivity contribution in [2.24, 2.45) is 0 Å². The molecule has 4 nitrogen and oxygen atoms in total. The van der Waals surface area contributed by atoms with Crippen LogP contribution < -0.4 is 5.32 Å². The first-order valence-corrected chi connectivity index (χ1v) is 4.76. The van der Waals surface area contributed by atoms with Gasteiger partial charge in [0.05, 0.1) is 6.61 Å². The quantitative estimate of drug-likeness (QED) is 0.661. The zero-order chi connectivity index (χ0) is 11.3. The summed E-state index contributed by atoms with van der Waals surface area (Å²) in [5.74, 6) is -1.04. The van der Waals surface area contributed by atoms with Crippen LogP contribution in [0.1, 0.15) is 11.1 Å². The first kappa shape index (κ1) is 11.7. The van der Waals surface area contributed by atoms with Gasteiger partial charge in [0, 0.05) is 6.54 Å². The van der Waals surface area contributed by atoms with E-state index >= 15 is 0 Å². The van der Waals surface area contributed by atoms with Gasteiger partial charge in [-0.2, -0.15) is 0 Å². The van der Waals surface area contributed by atoms with Gasteiger partial charge in [0.15, 0.2) is 0 Å². The third kappa shape index (κ3) is 3.69. The molecule has 0 saturated heterocycles. The maximum Gasteiger partial charge on any atom is 0.323 e. The van der Waals surface area contributed by atoms with Crippen molar-refractivity contribution in [3.05, 3.63) is 35.4 Å². The summed E-state index contributed by atoms with van der Waals surface area (Å²) in [5.41, 5.74) is 2.16. The lowest BCUT2D eigenvalue weighted by Crippen LogP contribution is -2.39. The predicted octanol–water partition coefficient (Wildman–Crippen LogP) is 0.530. The number of carbonyl (C=O) groups is 1. The van der Waals surface area contributed by atoms with Crippen LogP contribution in [-0.4, -0.2) is 28.8 Å². The third-order valence-corrected chi connectivity index (χ3v) is 2.15. The van der Waals surface area contributed by atoms with E-state index in [-0.39, 0.29) is 0 Å². The average molecular weight is 209 g/mol. The van der Waals surface area contributed by atoms with Crippen LogP contribution in [-0.2, 0) is 11.3 Å². The largest absolute Gasteiger partial charge is 0.480 e. The van der Waals surface area contributed by atoms with Crippen LogP contribution in [0.5, 0.6) is 0 Å². The van der Waals surface area contributed by atoms with E-state index in [1.807, 2.05) is 31.2 Å². The third-order valence-electron chi connectivity index (χ3n) is 2.15. The lowest BCUT2D eigenvalue weighted by Gasteiger charge is -2.11. The summed E-state index contributed by atoms with van der Waals surface area (Å²) in [6.45, 7) is 2.03. The van der Waals surface area contributed by atoms with Crippen LogP contribution in [0.25, 0.3) is 0 Å². The minimum atomic E-state index is -1.04. The smallest absolute Gasteiger partial charge is 0.323 e. The summed E-state index contributed by atoms with van der Waals surface area (Å²) >= 11 is 0. The molecule has 15 heavy (non-hydrogen) atoms. The molecule has 82 valence electrons. The molecule has 0 aliphatic heterocycles. The lowest BCUT2D eigenvalue weighted by molar-refractivity contribution is -0.140. The Labute approximate surface area is 88.6 Å². The minimum absolute atomic E-state index is 0.402. The minimum Gasteiger partial charge on any atom is -0.480 e. The summed E-state index contributed by atoms with van der Waals surface area (Å²) < 4.78 is 0. The van der Waals surface area contributed by atoms with Gasteiger partial charge in [0.25, 0.3) is 0 Å². The Morgan fingerprint density at radius 1 is 1.40 bits per heavy atom. The van der Waals surface area contributed by atoms with Gasteiger partial charge in [-0.1, -0.05) is 29.8 Å². The fourth-order valence-electron chi connectivity index (χ4n) is 1.18. The highest BCUT2D eigenvalue weighted by Gasteiger charge is 2.14. The van der Waals surface area contributed by atoms with Crippen molar-refractivity contribution in [3.8, 4) is 0 Å². The van der Waals surface area contributed by atoms with Gasteiger partial charge >= 0.3 is 5.97 Å². The summed E-state index contributed by atoms with van der Waals surface area (Å²) in [6.07, 6.45) is 0. The molecule has 0 fully saturated rings. The number of nitrogens with one attached hydrogen (secondary N) is 1. The molecule has 1 atom stereocenters. The van der Waals surface area contributed by atoms with Gasteiger partial charge in [-0.3, -0.25) is 10.1 Å². The molecule has 0 spiro atoms. The molecular weight excluding hydrogens is 194 g/mol. The van der Waals surface area contributed by atoms with Crippen molar-refractivity contribution >= 4 is 5.97 Å². The summed E-state index contributed by atoms with van der Waals surface area (Å²) in [7, 11) is 0. The van der Waals surface area contributed by atoms with Gasteiger partial charge in [0.2, 0.25) is 0 Å². The standard InChI is InChI=1S/C11H15NO3/c1-8-2-4-9(5-3-8)6-12-10(7-13)11(14)15/h2-5,10,12-13H,6-7H2,1H3,(H,14,15). The molecule has 1 aromatic rings. The molecule has 0 heterocycles. The number of aliphatic carboxylic acids is 1. The van der Waals surface area contributed by atoms with Crippen LogP contribution in [0.3, 0.4) is 0 Å². The molecule has 1 aromatic carbocycles. The molecule has 0 radical (unpaired) electrons. The van der Waals surface area contributed by atoms with Crippen molar-refractivity contribution < 1.29 is 15.0 Å². The predicted molar refractivity (Wildman–Crippen MR) is 56.5 cm³/mol. The maximum absolute atomic E-state index is 10.6. The van der Waals surface area contributed by atoms with E-state index < -0.39 is 18.6 Å². The Morgan fingerprint density at radius 2 is 2.00 bits per heavy atom. The normalized spacial score (nSPS) is 12.4. The average Bonchev–Trinajstić information content (AvgIpc) is 2.21. The fourth-order valence-corrected chi connectivity index (χ4v) is 1.18. The van der Waals surface area contributed by atoms with Gasteiger partial charge in [0.1, 0.15) is 6.04 Å². The molecule has 3 N–H and O–H groups in total. The molecular formula is C11H15NO3. The number of hydrogen-bond donors (Lipinski definition) is 3. The summed E-state index contributed by atoms with van der Waals surface area (Å²) in [5, 5.41) is 20.2. The van der Waals surface area contributed by atoms with E-state index in [2.05, 4.69) is 5.32 Å². The van der Waals surface area contributed by atoms with Gasteiger partial charge < -0.3 is 10.2 Å². The first-order chi connectivity index (χ1) is 7.13. The highest BCUT2D eigenvalue weighted by Crippen LogP contribution is 2.02. The number of aryl methyl sites for hydroxylation is 1. The molecule has 0 amide bonds. The zero-order valence-corrected chi connectivity index (χ0v) is 8.60. The number of aliphatic hydroxyl groups excluding tert-OH is 1. The van der Waals surface area contributed by atoms with Crippen molar-refractivity contribution in [2.45, 2.75) is 19.5 Å². The maximum atomic E-state index is 10.6. The topological polar surface area (TPSA) is 69.6 Å². The zero-order valence-electron chi connectivity index (χ0n) is 8.60. The lowest BCUT2D eigenvalue weighted by atomic mass is 10.1. The van der Waals surface area contributed by atoms with E-state index in [9.17, 15) is 4.79 Å². The van der Waals surface area contributed by atoms with Crippen LogP contribution in [0.2, 0.25) is 0 Å². The molecule has 0 aliphatic rings. The monoisotopic (exact) mass is 209 g/mol. The number of aliphatic hydroxyl groups is 1. The molecule has 1 unspecified atom stereocenters. The SMILES string of the molecule is Cc1ccc(CNC(CO)C(=O)O)cc1. The summed E-state index contributed by atoms with van der Waals surface area (Å²) in [6, 6.07) is 6.89. The van der Waals surface area contributed by atoms with E-state index in [4.69, 9.17) is 10.2 Å². The number of benzene rings is 1. The second-order valence-electron chi connectivity index (χ2n) is 3.44. The van der Waals surface area contributed by atoms with Crippen molar-refractivity contribution in [2.75, 3.05) is 6.61 Å². The number of rotatable bonds is 5. The van der Waals surface area contributed by atoms with Crippen LogP contribution in [0.15, 0.2) is 24.3 Å². The molecule has 0 saturated carbocycles. The Morgan fingerprint density at radius 3 is 2.47 bits per heavy atom. The Kier molecular flexibility index (Phi) is 4.27. The van der Waals surface area contributed by atoms with Crippen molar-refractivity contribution in [3.63, 3.8) is 0 Å². The van der Waals surface area contributed by atoms with Crippen LogP contribution >= 0.6 is 0 Å². The van der Waals surface area contributed by atoms with E-state index in [1.165, 1.54) is 0 Å². The molecule has 1 rings (SSSR count). The Hall–Kier alpha value is -1.39. The second-order valence-corrected chi connectivity index (χ2v) is 3.44. The Bertz CT molecular complexity index is 321. The Balaban J connectivity index is 2.49. The number of carboxylic acids is 1. The molecule has 0 aliphatic carbocycles. The second kappa shape index (κ2) is 5.48. The van der Waals surface area contributed by atoms with Crippen molar-refractivity contribution in [1.29, 1.82) is 0 Å². The first-order valence-electron chi connectivity index (χ1n) is 4.76. The number of hydrogen-bond acceptors (Lipinski definition) is 3. The van der Waals surface area contributed by atoms with Gasteiger partial charge in [-0.15, -0.1) is 0 Å². The van der Waals surface area contributed by atoms with Crippen LogP contribution in [0.4, 0.5) is 0 Å². The van der Waals surface area contributed by atoms with Gasteiger partial charge in [-0.25, -0.2) is 0 Å². The van der Waals surface area contributed by atoms with Crippen molar-refractivity contribution in [1.82, 2.24) is 5.32 Å². The van der Waals surface area contributed by atoms with E-state index in [0.29, 0.717) is 6.54 Å². The fraction of sp³-hybridized carbons (Fsp3) is 0.364. The number of carboxylic acid groups (broad SMARTS) is 1. The van der Waals surface area contributed by atoms with E-state index in [1.54, 1.807) is 0 Å². The highest BCUT2D eigenvalue weighted by molar-refractivity contribution is 5.73. The molecule has 4 heteroatoms. The summed E-state index contributed by atoms with van der Waals surface area (Å²) in [4.78, 5) is 10.6. The van der Waals surface area contributed by atoms with Crippen LogP contribution in [0, 0.1) is 6.92 Å². The highest BCUT2D eigenvalue weighted by atomic mass is 16.4. The molecule has 0 bridgehead atoms.